The second kappa shape index (κ2) is 7.23. The normalized spacial score (nSPS) is 12.7. The van der Waals surface area contributed by atoms with E-state index in [0.29, 0.717) is 5.57 Å². The molecule has 132 valence electrons. The molecule has 0 aliphatic heterocycles. The van der Waals surface area contributed by atoms with Crippen molar-refractivity contribution in [1.82, 2.24) is 4.72 Å². The first-order valence-electron chi connectivity index (χ1n) is 8.01. The molecule has 5 heteroatoms. The molecule has 0 atom stereocenters. The molecule has 0 heterocycles. The summed E-state index contributed by atoms with van der Waals surface area (Å²) >= 11 is 0. The molecule has 2 aromatic carbocycles. The zero-order valence-electron chi connectivity index (χ0n) is 14.9. The van der Waals surface area contributed by atoms with Crippen molar-refractivity contribution in [3.05, 3.63) is 71.3 Å². The van der Waals surface area contributed by atoms with Crippen molar-refractivity contribution in [3.63, 3.8) is 0 Å². The largest absolute Gasteiger partial charge is 0.269 e. The van der Waals surface area contributed by atoms with Crippen molar-refractivity contribution in [2.45, 2.75) is 38.0 Å². The van der Waals surface area contributed by atoms with E-state index in [0.717, 1.165) is 11.1 Å². The smallest absolute Gasteiger partial charge is 0.264 e. The van der Waals surface area contributed by atoms with Crippen molar-refractivity contribution in [1.29, 1.82) is 0 Å². The van der Waals surface area contributed by atoms with Gasteiger partial charge in [-0.3, -0.25) is 4.79 Å². The molecule has 25 heavy (non-hydrogen) atoms. The van der Waals surface area contributed by atoms with E-state index in [1.165, 1.54) is 12.1 Å². The molecule has 0 bridgehead atoms. The Labute approximate surface area is 149 Å². The average molecular weight is 357 g/mol. The van der Waals surface area contributed by atoms with Gasteiger partial charge in [-0.15, -0.1) is 0 Å². The summed E-state index contributed by atoms with van der Waals surface area (Å²) < 4.78 is 26.9. The van der Waals surface area contributed by atoms with Gasteiger partial charge < -0.3 is 0 Å². The van der Waals surface area contributed by atoms with Crippen molar-refractivity contribution in [2.24, 2.45) is 0 Å². The van der Waals surface area contributed by atoms with Gasteiger partial charge in [0.05, 0.1) is 4.90 Å². The molecule has 0 aromatic heterocycles. The van der Waals surface area contributed by atoms with E-state index >= 15 is 0 Å². The van der Waals surface area contributed by atoms with E-state index in [-0.39, 0.29) is 10.3 Å². The molecule has 1 N–H and O–H groups in total. The van der Waals surface area contributed by atoms with Crippen LogP contribution >= 0.6 is 0 Å². The molecule has 0 spiro atoms. The van der Waals surface area contributed by atoms with E-state index in [1.807, 2.05) is 30.3 Å². The van der Waals surface area contributed by atoms with Gasteiger partial charge in [0.25, 0.3) is 15.9 Å². The Bertz CT molecular complexity index is 875. The van der Waals surface area contributed by atoms with Crippen LogP contribution in [0.25, 0.3) is 6.08 Å². The maximum absolute atomic E-state index is 12.4. The van der Waals surface area contributed by atoms with Crippen LogP contribution in [0.15, 0.2) is 65.1 Å². The van der Waals surface area contributed by atoms with Crippen LogP contribution < -0.4 is 4.72 Å². The maximum Gasteiger partial charge on any atom is 0.264 e. The maximum atomic E-state index is 12.4. The zero-order valence-corrected chi connectivity index (χ0v) is 15.7. The monoisotopic (exact) mass is 357 g/mol. The first kappa shape index (κ1) is 18.9. The highest BCUT2D eigenvalue weighted by molar-refractivity contribution is 7.90. The van der Waals surface area contributed by atoms with Gasteiger partial charge in [0, 0.05) is 5.57 Å². The van der Waals surface area contributed by atoms with Gasteiger partial charge in [-0.1, -0.05) is 63.2 Å². The molecular formula is C20H23NO3S. The second-order valence-corrected chi connectivity index (χ2v) is 8.63. The minimum absolute atomic E-state index is 0.0689. The molecular weight excluding hydrogens is 334 g/mol. The molecule has 0 aliphatic rings. The standard InChI is InChI=1S/C20H23NO3S/c1-15(14-16-8-6-5-7-9-16)19(22)21-25(23,24)18-12-10-17(11-13-18)20(2,3)4/h5-14H,1-4H3,(H,21,22)/b15-14+. The Hall–Kier alpha value is -2.40. The molecule has 0 radical (unpaired) electrons. The molecule has 0 fully saturated rings. The first-order valence-corrected chi connectivity index (χ1v) is 9.49. The number of nitrogens with one attached hydrogen (secondary N) is 1. The number of sulfonamides is 1. The Morgan fingerprint density at radius 1 is 0.960 bits per heavy atom. The van der Waals surface area contributed by atoms with Gasteiger partial charge in [-0.05, 0) is 41.7 Å². The SMILES string of the molecule is C/C(=C\c1ccccc1)C(=O)NS(=O)(=O)c1ccc(C(C)(C)C)cc1. The van der Waals surface area contributed by atoms with Gasteiger partial charge in [0.1, 0.15) is 0 Å². The van der Waals surface area contributed by atoms with E-state index in [4.69, 9.17) is 0 Å². The van der Waals surface area contributed by atoms with Crippen LogP contribution in [0.2, 0.25) is 0 Å². The number of hydrogen-bond donors (Lipinski definition) is 1. The first-order chi connectivity index (χ1) is 11.6. The van der Waals surface area contributed by atoms with E-state index in [2.05, 4.69) is 25.5 Å². The van der Waals surface area contributed by atoms with Crippen LogP contribution in [0.1, 0.15) is 38.8 Å². The molecule has 2 rings (SSSR count). The van der Waals surface area contributed by atoms with E-state index in [1.54, 1.807) is 25.1 Å². The molecule has 0 aliphatic carbocycles. The van der Waals surface area contributed by atoms with Crippen LogP contribution in [0.5, 0.6) is 0 Å². The van der Waals surface area contributed by atoms with E-state index < -0.39 is 15.9 Å². The number of carbonyl (C=O) groups excluding carboxylic acids is 1. The molecule has 0 unspecified atom stereocenters. The fraction of sp³-hybridized carbons (Fsp3) is 0.250. The lowest BCUT2D eigenvalue weighted by molar-refractivity contribution is -0.115. The summed E-state index contributed by atoms with van der Waals surface area (Å²) in [6.07, 6.45) is 1.65. The summed E-state index contributed by atoms with van der Waals surface area (Å²) in [5, 5.41) is 0. The van der Waals surface area contributed by atoms with Crippen LogP contribution in [-0.2, 0) is 20.2 Å². The van der Waals surface area contributed by atoms with Crippen molar-refractivity contribution < 1.29 is 13.2 Å². The predicted octanol–water partition coefficient (Wildman–Crippen LogP) is 3.89. The summed E-state index contributed by atoms with van der Waals surface area (Å²) in [4.78, 5) is 12.3. The molecule has 2 aromatic rings. The Morgan fingerprint density at radius 3 is 2.04 bits per heavy atom. The number of rotatable bonds is 4. The minimum Gasteiger partial charge on any atom is -0.269 e. The third kappa shape index (κ3) is 5.03. The highest BCUT2D eigenvalue weighted by atomic mass is 32.2. The molecule has 1 amide bonds. The number of benzene rings is 2. The Morgan fingerprint density at radius 2 is 1.52 bits per heavy atom. The predicted molar refractivity (Wildman–Crippen MR) is 101 cm³/mol. The van der Waals surface area contributed by atoms with E-state index in [9.17, 15) is 13.2 Å². The minimum atomic E-state index is -3.90. The van der Waals surface area contributed by atoms with Gasteiger partial charge in [0.2, 0.25) is 0 Å². The summed E-state index contributed by atoms with van der Waals surface area (Å²) in [7, 11) is -3.90. The van der Waals surface area contributed by atoms with Gasteiger partial charge in [0.15, 0.2) is 0 Å². The highest BCUT2D eigenvalue weighted by Crippen LogP contribution is 2.23. The number of carbonyl (C=O) groups is 1. The van der Waals surface area contributed by atoms with Crippen molar-refractivity contribution >= 4 is 22.0 Å². The van der Waals surface area contributed by atoms with Gasteiger partial charge >= 0.3 is 0 Å². The van der Waals surface area contributed by atoms with Crippen molar-refractivity contribution in [2.75, 3.05) is 0 Å². The van der Waals surface area contributed by atoms with Crippen LogP contribution in [0, 0.1) is 0 Å². The lowest BCUT2D eigenvalue weighted by atomic mass is 9.87. The molecule has 4 nitrogen and oxygen atoms in total. The lowest BCUT2D eigenvalue weighted by Crippen LogP contribution is -2.31. The summed E-state index contributed by atoms with van der Waals surface area (Å²) in [5.74, 6) is -0.635. The van der Waals surface area contributed by atoms with Gasteiger partial charge in [-0.25, -0.2) is 13.1 Å². The van der Waals surface area contributed by atoms with Crippen LogP contribution in [-0.4, -0.2) is 14.3 Å². The summed E-state index contributed by atoms with van der Waals surface area (Å²) in [6, 6.07) is 15.8. The topological polar surface area (TPSA) is 63.2 Å². The average Bonchev–Trinajstić information content (AvgIpc) is 2.54. The number of amides is 1. The Balaban J connectivity index is 2.18. The van der Waals surface area contributed by atoms with Crippen LogP contribution in [0.4, 0.5) is 0 Å². The lowest BCUT2D eigenvalue weighted by Gasteiger charge is -2.19. The molecule has 0 saturated carbocycles. The fourth-order valence-corrected chi connectivity index (χ4v) is 3.28. The third-order valence-electron chi connectivity index (χ3n) is 3.80. The third-order valence-corrected chi connectivity index (χ3v) is 5.15. The number of hydrogen-bond acceptors (Lipinski definition) is 3. The quantitative estimate of drug-likeness (QED) is 0.844. The fourth-order valence-electron chi connectivity index (χ4n) is 2.26. The summed E-state index contributed by atoms with van der Waals surface area (Å²) in [6.45, 7) is 7.74. The molecule has 0 saturated heterocycles. The van der Waals surface area contributed by atoms with Gasteiger partial charge in [-0.2, -0.15) is 0 Å². The Kier molecular flexibility index (Phi) is 5.48. The van der Waals surface area contributed by atoms with Crippen LogP contribution in [0.3, 0.4) is 0 Å². The second-order valence-electron chi connectivity index (χ2n) is 6.95. The highest BCUT2D eigenvalue weighted by Gasteiger charge is 2.20. The zero-order chi connectivity index (χ0) is 18.7. The van der Waals surface area contributed by atoms with Crippen molar-refractivity contribution in [3.8, 4) is 0 Å². The summed E-state index contributed by atoms with van der Waals surface area (Å²) in [5.41, 5.74) is 2.11.